The van der Waals surface area contributed by atoms with Crippen LogP contribution in [0.4, 0.5) is 0 Å². The molecule has 1 aliphatic rings. The van der Waals surface area contributed by atoms with E-state index in [0.29, 0.717) is 18.4 Å². The predicted molar refractivity (Wildman–Crippen MR) is 92.1 cm³/mol. The Morgan fingerprint density at radius 1 is 1.32 bits per heavy atom. The first-order valence-electron chi connectivity index (χ1n) is 8.36. The lowest BCUT2D eigenvalue weighted by Gasteiger charge is -2.29. The minimum Gasteiger partial charge on any atom is -0.353 e. The van der Waals surface area contributed by atoms with Crippen LogP contribution in [-0.4, -0.2) is 16.9 Å². The van der Waals surface area contributed by atoms with Crippen molar-refractivity contribution in [3.63, 3.8) is 0 Å². The van der Waals surface area contributed by atoms with E-state index in [1.165, 1.54) is 24.0 Å². The number of nitrogens with one attached hydrogen (secondary N) is 1. The van der Waals surface area contributed by atoms with Crippen LogP contribution in [-0.2, 0) is 11.2 Å². The topological polar surface area (TPSA) is 42.0 Å². The molecular weight excluding hydrogens is 292 g/mol. The van der Waals surface area contributed by atoms with E-state index in [2.05, 4.69) is 23.3 Å². The van der Waals surface area contributed by atoms with Gasteiger partial charge in [0.1, 0.15) is 0 Å². The number of fused-ring (bicyclic) bond motifs is 1. The van der Waals surface area contributed by atoms with Crippen LogP contribution in [0.2, 0.25) is 0 Å². The fraction of sp³-hybridized carbons (Fsp3) is 0.556. The molecule has 22 heavy (non-hydrogen) atoms. The first-order chi connectivity index (χ1) is 10.7. The molecule has 0 radical (unpaired) electrons. The van der Waals surface area contributed by atoms with Crippen LogP contribution in [0, 0.1) is 5.92 Å². The van der Waals surface area contributed by atoms with Crippen LogP contribution in [0.25, 0.3) is 10.2 Å². The van der Waals surface area contributed by atoms with Crippen molar-refractivity contribution < 1.29 is 4.79 Å². The number of hydrogen-bond acceptors (Lipinski definition) is 3. The average Bonchev–Trinajstić information content (AvgIpc) is 2.92. The van der Waals surface area contributed by atoms with Crippen molar-refractivity contribution in [1.29, 1.82) is 0 Å². The van der Waals surface area contributed by atoms with Crippen molar-refractivity contribution in [2.24, 2.45) is 5.92 Å². The summed E-state index contributed by atoms with van der Waals surface area (Å²) >= 11 is 1.74. The van der Waals surface area contributed by atoms with Crippen LogP contribution >= 0.6 is 11.3 Å². The highest BCUT2D eigenvalue weighted by Gasteiger charge is 2.22. The first-order valence-corrected chi connectivity index (χ1v) is 9.18. The molecule has 4 heteroatoms. The van der Waals surface area contributed by atoms with E-state index in [4.69, 9.17) is 0 Å². The van der Waals surface area contributed by atoms with Crippen LogP contribution in [0.3, 0.4) is 0 Å². The van der Waals surface area contributed by atoms with Crippen molar-refractivity contribution >= 4 is 27.5 Å². The summed E-state index contributed by atoms with van der Waals surface area (Å²) in [7, 11) is 0. The van der Waals surface area contributed by atoms with E-state index in [1.54, 1.807) is 11.3 Å². The Balaban J connectivity index is 1.45. The van der Waals surface area contributed by atoms with Gasteiger partial charge in [-0.3, -0.25) is 4.79 Å². The van der Waals surface area contributed by atoms with E-state index in [0.717, 1.165) is 29.8 Å². The van der Waals surface area contributed by atoms with E-state index >= 15 is 0 Å². The maximum atomic E-state index is 12.1. The number of thiazole rings is 1. The summed E-state index contributed by atoms with van der Waals surface area (Å²) in [5.41, 5.74) is 1.07. The number of aryl methyl sites for hydroxylation is 1. The Kier molecular flexibility index (Phi) is 5.08. The van der Waals surface area contributed by atoms with Crippen molar-refractivity contribution in [3.05, 3.63) is 29.3 Å². The molecule has 1 aliphatic carbocycles. The lowest BCUT2D eigenvalue weighted by Crippen LogP contribution is -2.40. The van der Waals surface area contributed by atoms with Crippen molar-refractivity contribution in [2.75, 3.05) is 0 Å². The van der Waals surface area contributed by atoms with Crippen molar-refractivity contribution in [3.8, 4) is 0 Å². The van der Waals surface area contributed by atoms with E-state index < -0.39 is 0 Å². The molecule has 2 atom stereocenters. The molecule has 0 bridgehead atoms. The lowest BCUT2D eigenvalue weighted by molar-refractivity contribution is -0.122. The van der Waals surface area contributed by atoms with Gasteiger partial charge in [-0.05, 0) is 43.7 Å². The maximum Gasteiger partial charge on any atom is 0.220 e. The second-order valence-electron chi connectivity index (χ2n) is 6.36. The molecule has 0 spiro atoms. The maximum absolute atomic E-state index is 12.1. The van der Waals surface area contributed by atoms with E-state index in [-0.39, 0.29) is 5.91 Å². The molecule has 3 nitrogen and oxygen atoms in total. The monoisotopic (exact) mass is 316 g/mol. The number of para-hydroxylation sites is 1. The predicted octanol–water partition coefficient (Wildman–Crippen LogP) is 4.31. The zero-order valence-electron chi connectivity index (χ0n) is 13.2. The third-order valence-electron chi connectivity index (χ3n) is 4.59. The molecule has 1 aromatic carbocycles. The Morgan fingerprint density at radius 3 is 2.95 bits per heavy atom. The van der Waals surface area contributed by atoms with E-state index in [9.17, 15) is 4.79 Å². The van der Waals surface area contributed by atoms with Crippen LogP contribution in [0.1, 0.15) is 50.5 Å². The third kappa shape index (κ3) is 3.86. The van der Waals surface area contributed by atoms with Crippen LogP contribution in [0.15, 0.2) is 24.3 Å². The number of nitrogens with zero attached hydrogens (tertiary/aromatic N) is 1. The summed E-state index contributed by atoms with van der Waals surface area (Å²) < 4.78 is 1.23. The molecule has 1 fully saturated rings. The Bertz CT molecular complexity index is 604. The highest BCUT2D eigenvalue weighted by Crippen LogP contribution is 2.24. The van der Waals surface area contributed by atoms with Gasteiger partial charge in [-0.25, -0.2) is 4.98 Å². The third-order valence-corrected chi connectivity index (χ3v) is 5.69. The van der Waals surface area contributed by atoms with Gasteiger partial charge < -0.3 is 5.32 Å². The number of amides is 1. The highest BCUT2D eigenvalue weighted by molar-refractivity contribution is 7.18. The molecular formula is C18H24N2OS. The lowest BCUT2D eigenvalue weighted by atomic mass is 9.86. The van der Waals surface area contributed by atoms with Crippen LogP contribution in [0.5, 0.6) is 0 Å². The number of benzene rings is 1. The molecule has 1 saturated carbocycles. The van der Waals surface area contributed by atoms with Gasteiger partial charge in [-0.2, -0.15) is 0 Å². The summed E-state index contributed by atoms with van der Waals surface area (Å²) in [6.07, 6.45) is 7.34. The van der Waals surface area contributed by atoms with Gasteiger partial charge in [0.2, 0.25) is 5.91 Å². The van der Waals surface area contributed by atoms with Crippen molar-refractivity contribution in [2.45, 2.75) is 57.9 Å². The first kappa shape index (κ1) is 15.5. The standard InChI is InChI=1S/C18H24N2OS/c1-13-7-2-3-8-14(13)19-17(21)11-6-12-18-20-15-9-4-5-10-16(15)22-18/h4-5,9-10,13-14H,2-3,6-8,11-12H2,1H3,(H,19,21). The SMILES string of the molecule is CC1CCCCC1NC(=O)CCCc1nc2ccccc2s1. The molecule has 3 rings (SSSR count). The molecule has 118 valence electrons. The summed E-state index contributed by atoms with van der Waals surface area (Å²) in [4.78, 5) is 16.7. The van der Waals surface area contributed by atoms with Gasteiger partial charge in [-0.1, -0.05) is 31.9 Å². The second kappa shape index (κ2) is 7.23. The zero-order valence-corrected chi connectivity index (χ0v) is 14.0. The molecule has 1 aromatic heterocycles. The number of aromatic nitrogens is 1. The van der Waals surface area contributed by atoms with Crippen LogP contribution < -0.4 is 5.32 Å². The average molecular weight is 316 g/mol. The summed E-state index contributed by atoms with van der Waals surface area (Å²) in [5, 5.41) is 4.36. The minimum atomic E-state index is 0.208. The number of carbonyl (C=O) groups is 1. The Morgan fingerprint density at radius 2 is 2.14 bits per heavy atom. The fourth-order valence-electron chi connectivity index (χ4n) is 3.24. The van der Waals surface area contributed by atoms with Gasteiger partial charge >= 0.3 is 0 Å². The van der Waals surface area contributed by atoms with E-state index in [1.807, 2.05) is 18.2 Å². The molecule has 2 aromatic rings. The number of rotatable bonds is 5. The number of hydrogen-bond donors (Lipinski definition) is 1. The minimum absolute atomic E-state index is 0.208. The fourth-order valence-corrected chi connectivity index (χ4v) is 4.25. The quantitative estimate of drug-likeness (QED) is 0.893. The molecule has 2 unspecified atom stereocenters. The van der Waals surface area contributed by atoms with Gasteiger partial charge in [0.15, 0.2) is 0 Å². The van der Waals surface area contributed by atoms with Gasteiger partial charge in [0.05, 0.1) is 15.2 Å². The smallest absolute Gasteiger partial charge is 0.220 e. The number of carbonyl (C=O) groups excluding carboxylic acids is 1. The zero-order chi connectivity index (χ0) is 15.4. The summed E-state index contributed by atoms with van der Waals surface area (Å²) in [6.45, 7) is 2.26. The molecule has 1 heterocycles. The largest absolute Gasteiger partial charge is 0.353 e. The molecule has 1 N–H and O–H groups in total. The van der Waals surface area contributed by atoms with Crippen molar-refractivity contribution in [1.82, 2.24) is 10.3 Å². The van der Waals surface area contributed by atoms with Gasteiger partial charge in [0.25, 0.3) is 0 Å². The van der Waals surface area contributed by atoms with Gasteiger partial charge in [0, 0.05) is 12.5 Å². The van der Waals surface area contributed by atoms with Gasteiger partial charge in [-0.15, -0.1) is 11.3 Å². The highest BCUT2D eigenvalue weighted by atomic mass is 32.1. The Labute approximate surface area is 136 Å². The molecule has 0 saturated heterocycles. The normalized spacial score (nSPS) is 21.9. The Hall–Kier alpha value is -1.42. The second-order valence-corrected chi connectivity index (χ2v) is 7.48. The molecule has 1 amide bonds. The summed E-state index contributed by atoms with van der Waals surface area (Å²) in [5.74, 6) is 0.835. The molecule has 0 aliphatic heterocycles. The summed E-state index contributed by atoms with van der Waals surface area (Å²) in [6, 6.07) is 8.61.